The summed E-state index contributed by atoms with van der Waals surface area (Å²) in [6.07, 6.45) is 0. The van der Waals surface area contributed by atoms with E-state index in [4.69, 9.17) is 0 Å². The summed E-state index contributed by atoms with van der Waals surface area (Å²) in [4.78, 5) is 26.1. The van der Waals surface area contributed by atoms with Crippen molar-refractivity contribution in [3.05, 3.63) is 77.4 Å². The molecule has 0 spiro atoms. The highest BCUT2D eigenvalue weighted by atomic mass is 16.3. The molecule has 1 fully saturated rings. The van der Waals surface area contributed by atoms with Gasteiger partial charge in [0.25, 0.3) is 11.7 Å². The van der Waals surface area contributed by atoms with Crippen molar-refractivity contribution in [2.45, 2.75) is 6.04 Å². The first kappa shape index (κ1) is 16.0. The molecule has 1 aliphatic rings. The van der Waals surface area contributed by atoms with E-state index in [1.54, 1.807) is 54.6 Å². The molecule has 0 aromatic heterocycles. The van der Waals surface area contributed by atoms with Gasteiger partial charge in [-0.3, -0.25) is 9.59 Å². The lowest BCUT2D eigenvalue weighted by Gasteiger charge is -2.24. The Morgan fingerprint density at radius 3 is 2.12 bits per heavy atom. The number of β-amino-alcohol motifs (C(OH)–C–C–N with tert-alkyl or cyclic N) is 1. The third-order valence-electron chi connectivity index (χ3n) is 4.04. The fourth-order valence-corrected chi connectivity index (χ4v) is 2.95. The van der Waals surface area contributed by atoms with Gasteiger partial charge in [-0.15, -0.1) is 0 Å². The van der Waals surface area contributed by atoms with E-state index >= 15 is 0 Å². The number of carbonyl (C=O) groups is 2. The largest absolute Gasteiger partial charge is 0.507 e. The highest BCUT2D eigenvalue weighted by Gasteiger charge is 2.45. The minimum atomic E-state index is -0.737. The van der Waals surface area contributed by atoms with Crippen LogP contribution in [0.1, 0.15) is 17.2 Å². The fourth-order valence-electron chi connectivity index (χ4n) is 2.95. The van der Waals surface area contributed by atoms with Crippen molar-refractivity contribution in [3.63, 3.8) is 0 Å². The number of aliphatic hydroxyl groups excluding tert-OH is 2. The van der Waals surface area contributed by atoms with Crippen molar-refractivity contribution in [1.29, 1.82) is 0 Å². The Bertz CT molecular complexity index is 784. The molecule has 24 heavy (non-hydrogen) atoms. The summed E-state index contributed by atoms with van der Waals surface area (Å²) in [5.41, 5.74) is 1.23. The molecular formula is C19H17NO4. The van der Waals surface area contributed by atoms with Gasteiger partial charge in [0.2, 0.25) is 0 Å². The van der Waals surface area contributed by atoms with E-state index in [1.165, 1.54) is 4.90 Å². The van der Waals surface area contributed by atoms with Gasteiger partial charge in [-0.05, 0) is 5.56 Å². The van der Waals surface area contributed by atoms with E-state index in [0.717, 1.165) is 0 Å². The summed E-state index contributed by atoms with van der Waals surface area (Å²) in [5, 5.41) is 19.9. The number of benzene rings is 2. The van der Waals surface area contributed by atoms with E-state index in [9.17, 15) is 19.8 Å². The van der Waals surface area contributed by atoms with Crippen LogP contribution in [0.15, 0.2) is 66.2 Å². The lowest BCUT2D eigenvalue weighted by atomic mass is 9.95. The van der Waals surface area contributed by atoms with E-state index in [1.807, 2.05) is 6.07 Å². The molecule has 0 bridgehead atoms. The molecule has 1 amide bonds. The number of amides is 1. The van der Waals surface area contributed by atoms with Gasteiger partial charge < -0.3 is 15.1 Å². The van der Waals surface area contributed by atoms with Gasteiger partial charge in [0.15, 0.2) is 0 Å². The zero-order valence-electron chi connectivity index (χ0n) is 12.9. The number of nitrogens with zero attached hydrogens (tertiary/aromatic N) is 1. The molecule has 0 aliphatic carbocycles. The van der Waals surface area contributed by atoms with Crippen LogP contribution >= 0.6 is 0 Å². The van der Waals surface area contributed by atoms with E-state index < -0.39 is 17.7 Å². The first-order chi connectivity index (χ1) is 11.6. The van der Waals surface area contributed by atoms with E-state index in [0.29, 0.717) is 11.1 Å². The normalized spacial score (nSPS) is 19.7. The second-order valence-corrected chi connectivity index (χ2v) is 5.49. The van der Waals surface area contributed by atoms with Gasteiger partial charge in [-0.1, -0.05) is 60.7 Å². The zero-order chi connectivity index (χ0) is 17.1. The summed E-state index contributed by atoms with van der Waals surface area (Å²) in [6.45, 7) is -0.239. The monoisotopic (exact) mass is 323 g/mol. The smallest absolute Gasteiger partial charge is 0.295 e. The molecule has 1 saturated heterocycles. The van der Waals surface area contributed by atoms with Crippen LogP contribution in [0.5, 0.6) is 0 Å². The molecule has 122 valence electrons. The average Bonchev–Trinajstić information content (AvgIpc) is 2.88. The molecule has 1 aliphatic heterocycles. The van der Waals surface area contributed by atoms with Crippen molar-refractivity contribution in [2.24, 2.45) is 0 Å². The topological polar surface area (TPSA) is 77.8 Å². The number of aliphatic hydroxyl groups is 2. The van der Waals surface area contributed by atoms with Crippen LogP contribution in [0.3, 0.4) is 0 Å². The van der Waals surface area contributed by atoms with Crippen LogP contribution < -0.4 is 0 Å². The number of ketones is 1. The first-order valence-electron chi connectivity index (χ1n) is 7.64. The van der Waals surface area contributed by atoms with E-state index in [2.05, 4.69) is 0 Å². The van der Waals surface area contributed by atoms with Gasteiger partial charge in [0, 0.05) is 12.1 Å². The molecule has 1 unspecified atom stereocenters. The highest BCUT2D eigenvalue weighted by molar-refractivity contribution is 6.46. The SMILES string of the molecule is O=C1C(=O)N(CCO)C(c2ccccc2)/C1=C(/O)c1ccccc1. The summed E-state index contributed by atoms with van der Waals surface area (Å²) < 4.78 is 0. The van der Waals surface area contributed by atoms with Gasteiger partial charge in [0.05, 0.1) is 18.2 Å². The van der Waals surface area contributed by atoms with Crippen LogP contribution in [-0.4, -0.2) is 40.0 Å². The van der Waals surface area contributed by atoms with Crippen LogP contribution in [0.25, 0.3) is 5.76 Å². The maximum absolute atomic E-state index is 12.5. The number of hydrogen-bond donors (Lipinski definition) is 2. The number of rotatable bonds is 4. The van der Waals surface area contributed by atoms with Gasteiger partial charge in [-0.2, -0.15) is 0 Å². The third kappa shape index (κ3) is 2.70. The van der Waals surface area contributed by atoms with Gasteiger partial charge in [-0.25, -0.2) is 0 Å². The van der Waals surface area contributed by atoms with Gasteiger partial charge >= 0.3 is 0 Å². The first-order valence-corrected chi connectivity index (χ1v) is 7.64. The predicted octanol–water partition coefficient (Wildman–Crippen LogP) is 2.10. The Hall–Kier alpha value is -2.92. The molecule has 0 radical (unpaired) electrons. The Labute approximate surface area is 139 Å². The van der Waals surface area contributed by atoms with Crippen LogP contribution in [0.2, 0.25) is 0 Å². The number of carbonyl (C=O) groups excluding carboxylic acids is 2. The van der Waals surface area contributed by atoms with Crippen LogP contribution in [0.4, 0.5) is 0 Å². The molecule has 3 rings (SSSR count). The third-order valence-corrected chi connectivity index (χ3v) is 4.04. The number of likely N-dealkylation sites (tertiary alicyclic amines) is 1. The van der Waals surface area contributed by atoms with Crippen molar-refractivity contribution < 1.29 is 19.8 Å². The van der Waals surface area contributed by atoms with Crippen molar-refractivity contribution in [1.82, 2.24) is 4.90 Å². The summed E-state index contributed by atoms with van der Waals surface area (Å²) in [6, 6.07) is 17.0. The molecule has 0 saturated carbocycles. The summed E-state index contributed by atoms with van der Waals surface area (Å²) in [5.74, 6) is -1.66. The van der Waals surface area contributed by atoms with Crippen molar-refractivity contribution >= 4 is 17.4 Å². The summed E-state index contributed by atoms with van der Waals surface area (Å²) >= 11 is 0. The average molecular weight is 323 g/mol. The number of Topliss-reactive ketones (excluding diaryl/α,β-unsaturated/α-hetero) is 1. The quantitative estimate of drug-likeness (QED) is 0.513. The molecule has 2 aromatic carbocycles. The Kier molecular flexibility index (Phi) is 4.44. The standard InChI is InChI=1S/C19H17NO4/c21-12-11-20-16(13-7-3-1-4-8-13)15(18(23)19(20)24)17(22)14-9-5-2-6-10-14/h1-10,16,21-22H,11-12H2/b17-15-. The minimum Gasteiger partial charge on any atom is -0.507 e. The molecule has 2 N–H and O–H groups in total. The molecule has 5 nitrogen and oxygen atoms in total. The lowest BCUT2D eigenvalue weighted by Crippen LogP contribution is -2.32. The van der Waals surface area contributed by atoms with Crippen LogP contribution in [-0.2, 0) is 9.59 Å². The fraction of sp³-hybridized carbons (Fsp3) is 0.158. The highest BCUT2D eigenvalue weighted by Crippen LogP contribution is 2.38. The van der Waals surface area contributed by atoms with Crippen molar-refractivity contribution in [3.8, 4) is 0 Å². The molecular weight excluding hydrogens is 306 g/mol. The molecule has 1 atom stereocenters. The minimum absolute atomic E-state index is 0.0235. The molecule has 5 heteroatoms. The van der Waals surface area contributed by atoms with Crippen molar-refractivity contribution in [2.75, 3.05) is 13.2 Å². The lowest BCUT2D eigenvalue weighted by molar-refractivity contribution is -0.140. The maximum Gasteiger partial charge on any atom is 0.295 e. The summed E-state index contributed by atoms with van der Waals surface area (Å²) in [7, 11) is 0. The second-order valence-electron chi connectivity index (χ2n) is 5.49. The Balaban J connectivity index is 2.18. The molecule has 1 heterocycles. The maximum atomic E-state index is 12.5. The van der Waals surface area contributed by atoms with Crippen LogP contribution in [0, 0.1) is 0 Å². The second kappa shape index (κ2) is 6.68. The zero-order valence-corrected chi connectivity index (χ0v) is 12.9. The number of hydrogen-bond acceptors (Lipinski definition) is 4. The Morgan fingerprint density at radius 2 is 1.54 bits per heavy atom. The van der Waals surface area contributed by atoms with Gasteiger partial charge in [0.1, 0.15) is 5.76 Å². The Morgan fingerprint density at radius 1 is 0.958 bits per heavy atom. The predicted molar refractivity (Wildman–Crippen MR) is 89.0 cm³/mol. The molecule has 2 aromatic rings. The van der Waals surface area contributed by atoms with E-state index in [-0.39, 0.29) is 24.5 Å².